The molecular formula is C20H15ClN2O6. The largest absolute Gasteiger partial charge is 0.504 e. The van der Waals surface area contributed by atoms with Crippen molar-refractivity contribution in [1.29, 1.82) is 0 Å². The monoisotopic (exact) mass is 414 g/mol. The van der Waals surface area contributed by atoms with Crippen LogP contribution in [-0.4, -0.2) is 32.7 Å². The number of aromatic nitrogens is 2. The Morgan fingerprint density at radius 2 is 1.90 bits per heavy atom. The number of carbonyl (C=O) groups excluding carboxylic acids is 1. The zero-order valence-electron chi connectivity index (χ0n) is 15.0. The lowest BCUT2D eigenvalue weighted by Gasteiger charge is -2.11. The number of allylic oxidation sites excluding steroid dienone is 1. The van der Waals surface area contributed by atoms with E-state index in [0.29, 0.717) is 5.56 Å². The summed E-state index contributed by atoms with van der Waals surface area (Å²) in [5.74, 6) is -1.55. The number of methoxy groups -OCH3 is 1. The molecule has 0 aliphatic carbocycles. The molecule has 0 bridgehead atoms. The molecule has 0 atom stereocenters. The number of benzene rings is 2. The number of hydrogen-bond donors (Lipinski definition) is 3. The van der Waals surface area contributed by atoms with Crippen LogP contribution in [0.15, 0.2) is 58.1 Å². The number of phenolic OH excluding ortho intramolecular Hbond substituents is 1. The van der Waals surface area contributed by atoms with Gasteiger partial charge in [-0.1, -0.05) is 35.9 Å². The highest BCUT2D eigenvalue weighted by Crippen LogP contribution is 2.27. The number of H-pyrrole nitrogens is 1. The van der Waals surface area contributed by atoms with E-state index in [0.717, 1.165) is 10.6 Å². The fourth-order valence-electron chi connectivity index (χ4n) is 2.67. The second-order valence-electron chi connectivity index (χ2n) is 5.87. The van der Waals surface area contributed by atoms with Crippen molar-refractivity contribution in [2.24, 2.45) is 0 Å². The molecule has 8 nitrogen and oxygen atoms in total. The van der Waals surface area contributed by atoms with Gasteiger partial charge >= 0.3 is 5.69 Å². The highest BCUT2D eigenvalue weighted by Gasteiger charge is 2.21. The lowest BCUT2D eigenvalue weighted by atomic mass is 10.1. The number of carbonyl (C=O) groups is 1. The standard InChI is InChI=1S/C20H15ClN2O6/c1-29-16-9-7-11(10-15(16)25)6-8-14(24)17-18(26)22-20(28)23(19(17)27)13-5-3-2-4-12(13)21/h2-10,25,27H,1H3,(H,22,26,28). The number of ketones is 1. The lowest BCUT2D eigenvalue weighted by Crippen LogP contribution is -2.32. The molecular weight excluding hydrogens is 400 g/mol. The third-order valence-electron chi connectivity index (χ3n) is 4.06. The first kappa shape index (κ1) is 20.0. The van der Waals surface area contributed by atoms with Gasteiger partial charge in [-0.3, -0.25) is 14.6 Å². The predicted octanol–water partition coefficient (Wildman–Crippen LogP) is 2.50. The molecule has 1 heterocycles. The Hall–Kier alpha value is -3.78. The molecule has 1 aromatic heterocycles. The minimum Gasteiger partial charge on any atom is -0.504 e. The van der Waals surface area contributed by atoms with Crippen LogP contribution in [0, 0.1) is 0 Å². The quantitative estimate of drug-likeness (QED) is 0.435. The van der Waals surface area contributed by atoms with Gasteiger partial charge in [0.25, 0.3) is 5.56 Å². The summed E-state index contributed by atoms with van der Waals surface area (Å²) < 4.78 is 5.68. The fraction of sp³-hybridized carbons (Fsp3) is 0.0500. The molecule has 148 valence electrons. The van der Waals surface area contributed by atoms with Crippen molar-refractivity contribution in [2.45, 2.75) is 0 Å². The Morgan fingerprint density at radius 1 is 1.17 bits per heavy atom. The maximum Gasteiger partial charge on any atom is 0.335 e. The number of aromatic hydroxyl groups is 2. The second-order valence-corrected chi connectivity index (χ2v) is 6.28. The smallest absolute Gasteiger partial charge is 0.335 e. The maximum absolute atomic E-state index is 12.5. The van der Waals surface area contributed by atoms with Crippen LogP contribution in [-0.2, 0) is 0 Å². The van der Waals surface area contributed by atoms with Crippen LogP contribution in [0.2, 0.25) is 5.02 Å². The van der Waals surface area contributed by atoms with Gasteiger partial charge < -0.3 is 14.9 Å². The number of para-hydroxylation sites is 1. The van der Waals surface area contributed by atoms with Crippen molar-refractivity contribution < 1.29 is 19.7 Å². The van der Waals surface area contributed by atoms with Gasteiger partial charge in [0, 0.05) is 0 Å². The molecule has 3 aromatic rings. The molecule has 0 fully saturated rings. The zero-order chi connectivity index (χ0) is 21.1. The average Bonchev–Trinajstić information content (AvgIpc) is 2.67. The summed E-state index contributed by atoms with van der Waals surface area (Å²) in [5.41, 5.74) is -2.05. The summed E-state index contributed by atoms with van der Waals surface area (Å²) in [6.45, 7) is 0. The number of nitrogens with one attached hydrogen (secondary N) is 1. The number of nitrogens with zero attached hydrogens (tertiary/aromatic N) is 1. The Bertz CT molecular complexity index is 1240. The molecule has 0 saturated carbocycles. The van der Waals surface area contributed by atoms with E-state index in [9.17, 15) is 24.6 Å². The topological polar surface area (TPSA) is 122 Å². The summed E-state index contributed by atoms with van der Waals surface area (Å²) in [6.07, 6.45) is 2.37. The Kier molecular flexibility index (Phi) is 5.56. The zero-order valence-corrected chi connectivity index (χ0v) is 15.8. The molecule has 2 aromatic carbocycles. The van der Waals surface area contributed by atoms with Crippen LogP contribution in [0.1, 0.15) is 15.9 Å². The fourth-order valence-corrected chi connectivity index (χ4v) is 2.89. The molecule has 0 saturated heterocycles. The number of phenols is 1. The van der Waals surface area contributed by atoms with E-state index in [1.165, 1.54) is 37.5 Å². The number of rotatable bonds is 5. The molecule has 0 spiro atoms. The summed E-state index contributed by atoms with van der Waals surface area (Å²) in [4.78, 5) is 38.9. The average molecular weight is 415 g/mol. The molecule has 3 rings (SSSR count). The normalized spacial score (nSPS) is 11.0. The van der Waals surface area contributed by atoms with Crippen LogP contribution in [0.5, 0.6) is 17.4 Å². The molecule has 0 unspecified atom stereocenters. The van der Waals surface area contributed by atoms with Gasteiger partial charge in [-0.25, -0.2) is 9.36 Å². The Morgan fingerprint density at radius 3 is 2.55 bits per heavy atom. The van der Waals surface area contributed by atoms with Crippen LogP contribution >= 0.6 is 11.6 Å². The van der Waals surface area contributed by atoms with E-state index in [1.54, 1.807) is 18.2 Å². The number of ether oxygens (including phenoxy) is 1. The third-order valence-corrected chi connectivity index (χ3v) is 4.38. The Balaban J connectivity index is 2.05. The van der Waals surface area contributed by atoms with Crippen molar-refractivity contribution in [3.8, 4) is 23.1 Å². The molecule has 3 N–H and O–H groups in total. The summed E-state index contributed by atoms with van der Waals surface area (Å²) in [5, 5.41) is 20.4. The first-order valence-corrected chi connectivity index (χ1v) is 8.64. The van der Waals surface area contributed by atoms with Crippen LogP contribution < -0.4 is 16.0 Å². The van der Waals surface area contributed by atoms with Gasteiger partial charge in [-0.05, 0) is 35.9 Å². The van der Waals surface area contributed by atoms with Gasteiger partial charge in [0.15, 0.2) is 17.3 Å². The molecule has 0 aliphatic heterocycles. The van der Waals surface area contributed by atoms with E-state index < -0.39 is 28.5 Å². The maximum atomic E-state index is 12.5. The molecule has 0 aliphatic rings. The molecule has 9 heteroatoms. The van der Waals surface area contributed by atoms with Gasteiger partial charge in [-0.15, -0.1) is 0 Å². The predicted molar refractivity (Wildman–Crippen MR) is 107 cm³/mol. The first-order chi connectivity index (χ1) is 13.8. The van der Waals surface area contributed by atoms with Crippen molar-refractivity contribution >= 4 is 23.5 Å². The summed E-state index contributed by atoms with van der Waals surface area (Å²) in [7, 11) is 1.40. The number of hydrogen-bond acceptors (Lipinski definition) is 6. The minimum atomic E-state index is -1.04. The molecule has 29 heavy (non-hydrogen) atoms. The van der Waals surface area contributed by atoms with Gasteiger partial charge in [0.05, 0.1) is 17.8 Å². The van der Waals surface area contributed by atoms with Crippen LogP contribution in [0.4, 0.5) is 0 Å². The van der Waals surface area contributed by atoms with E-state index in [-0.39, 0.29) is 22.2 Å². The highest BCUT2D eigenvalue weighted by atomic mass is 35.5. The highest BCUT2D eigenvalue weighted by molar-refractivity contribution is 6.32. The number of halogens is 1. The van der Waals surface area contributed by atoms with Crippen molar-refractivity contribution in [2.75, 3.05) is 7.11 Å². The third kappa shape index (κ3) is 3.92. The van der Waals surface area contributed by atoms with Crippen molar-refractivity contribution in [1.82, 2.24) is 9.55 Å². The van der Waals surface area contributed by atoms with E-state index in [1.807, 2.05) is 4.98 Å². The number of aromatic amines is 1. The summed E-state index contributed by atoms with van der Waals surface area (Å²) >= 11 is 6.06. The first-order valence-electron chi connectivity index (χ1n) is 8.26. The molecule has 0 radical (unpaired) electrons. The van der Waals surface area contributed by atoms with Crippen LogP contribution in [0.3, 0.4) is 0 Å². The van der Waals surface area contributed by atoms with E-state index >= 15 is 0 Å². The van der Waals surface area contributed by atoms with Crippen LogP contribution in [0.25, 0.3) is 11.8 Å². The van der Waals surface area contributed by atoms with E-state index in [2.05, 4.69) is 0 Å². The molecule has 0 amide bonds. The van der Waals surface area contributed by atoms with Crippen molar-refractivity contribution in [3.63, 3.8) is 0 Å². The Labute approximate surface area is 168 Å². The second kappa shape index (κ2) is 8.07. The van der Waals surface area contributed by atoms with E-state index in [4.69, 9.17) is 16.3 Å². The van der Waals surface area contributed by atoms with Gasteiger partial charge in [-0.2, -0.15) is 0 Å². The van der Waals surface area contributed by atoms with Gasteiger partial charge in [0.2, 0.25) is 5.88 Å². The minimum absolute atomic E-state index is 0.103. The SMILES string of the molecule is COc1ccc(C=CC(=O)c2c(O)n(-c3ccccc3Cl)c(=O)[nH]c2=O)cc1O. The van der Waals surface area contributed by atoms with Gasteiger partial charge in [0.1, 0.15) is 5.56 Å². The lowest BCUT2D eigenvalue weighted by molar-refractivity contribution is 0.104. The van der Waals surface area contributed by atoms with Crippen molar-refractivity contribution in [3.05, 3.63) is 85.5 Å². The summed E-state index contributed by atoms with van der Waals surface area (Å²) in [6, 6.07) is 10.6.